The number of nitrogens with one attached hydrogen (secondary N) is 1. The van der Waals surface area contributed by atoms with E-state index in [1.165, 1.54) is 30.4 Å². The van der Waals surface area contributed by atoms with E-state index in [2.05, 4.69) is 57.3 Å². The van der Waals surface area contributed by atoms with Gasteiger partial charge in [-0.1, -0.05) is 52.2 Å². The molecule has 144 valence electrons. The molecule has 1 amide bonds. The summed E-state index contributed by atoms with van der Waals surface area (Å²) in [6.07, 6.45) is 3.75. The van der Waals surface area contributed by atoms with Crippen LogP contribution < -0.4 is 10.1 Å². The van der Waals surface area contributed by atoms with Gasteiger partial charge in [0.25, 0.3) is 5.91 Å². The van der Waals surface area contributed by atoms with Gasteiger partial charge in [0.2, 0.25) is 0 Å². The number of benzene rings is 2. The Balaban J connectivity index is 1.57. The molecule has 1 aliphatic heterocycles. The molecular formula is C22H27BrN2O2. The average Bonchev–Trinajstić information content (AvgIpc) is 2.70. The van der Waals surface area contributed by atoms with E-state index in [9.17, 15) is 4.79 Å². The Morgan fingerprint density at radius 3 is 2.41 bits per heavy atom. The van der Waals surface area contributed by atoms with Gasteiger partial charge in [-0.2, -0.15) is 0 Å². The van der Waals surface area contributed by atoms with Crippen LogP contribution >= 0.6 is 15.9 Å². The fourth-order valence-electron chi connectivity index (χ4n) is 3.42. The molecule has 0 spiro atoms. The van der Waals surface area contributed by atoms with Gasteiger partial charge in [-0.3, -0.25) is 9.69 Å². The Hall–Kier alpha value is -1.85. The Morgan fingerprint density at radius 2 is 1.74 bits per heavy atom. The third-order valence-electron chi connectivity index (χ3n) is 4.97. The number of likely N-dealkylation sites (tertiary alicyclic amines) is 1. The van der Waals surface area contributed by atoms with Gasteiger partial charge >= 0.3 is 0 Å². The SMILES string of the molecule is Cc1ccc(C(CNC(=O)COc2ccc(Br)cc2)N2CCCCC2)cc1. The molecule has 2 aromatic carbocycles. The zero-order valence-electron chi connectivity index (χ0n) is 15.8. The molecule has 0 saturated carbocycles. The van der Waals surface area contributed by atoms with Crippen LogP contribution in [0.25, 0.3) is 0 Å². The molecule has 1 unspecified atom stereocenters. The van der Waals surface area contributed by atoms with Crippen LogP contribution in [0.15, 0.2) is 53.0 Å². The van der Waals surface area contributed by atoms with Crippen LogP contribution in [0.2, 0.25) is 0 Å². The van der Waals surface area contributed by atoms with Crippen molar-refractivity contribution in [2.24, 2.45) is 0 Å². The fraction of sp³-hybridized carbons (Fsp3) is 0.409. The minimum absolute atomic E-state index is 0.0300. The summed E-state index contributed by atoms with van der Waals surface area (Å²) in [5.41, 5.74) is 2.51. The van der Waals surface area contributed by atoms with Crippen LogP contribution in [0.4, 0.5) is 0 Å². The Bertz CT molecular complexity index is 725. The highest BCUT2D eigenvalue weighted by atomic mass is 79.9. The maximum atomic E-state index is 12.3. The summed E-state index contributed by atoms with van der Waals surface area (Å²) in [6.45, 7) is 4.91. The van der Waals surface area contributed by atoms with Gasteiger partial charge < -0.3 is 10.1 Å². The zero-order valence-corrected chi connectivity index (χ0v) is 17.4. The minimum atomic E-state index is -0.0907. The van der Waals surface area contributed by atoms with Crippen molar-refractivity contribution in [2.75, 3.05) is 26.2 Å². The summed E-state index contributed by atoms with van der Waals surface area (Å²) in [7, 11) is 0. The first-order valence-electron chi connectivity index (χ1n) is 9.57. The van der Waals surface area contributed by atoms with Crippen LogP contribution in [0.5, 0.6) is 5.75 Å². The molecule has 1 N–H and O–H groups in total. The standard InChI is InChI=1S/C22H27BrN2O2/c1-17-5-7-18(8-6-17)21(25-13-3-2-4-14-25)15-24-22(26)16-27-20-11-9-19(23)10-12-20/h5-12,21H,2-4,13-16H2,1H3,(H,24,26). The minimum Gasteiger partial charge on any atom is -0.484 e. The number of rotatable bonds is 7. The number of hydrogen-bond acceptors (Lipinski definition) is 3. The van der Waals surface area contributed by atoms with Crippen molar-refractivity contribution in [3.63, 3.8) is 0 Å². The van der Waals surface area contributed by atoms with E-state index in [-0.39, 0.29) is 18.6 Å². The van der Waals surface area contributed by atoms with Crippen molar-refractivity contribution in [2.45, 2.75) is 32.2 Å². The molecule has 0 aromatic heterocycles. The third kappa shape index (κ3) is 6.08. The quantitative estimate of drug-likeness (QED) is 0.703. The average molecular weight is 431 g/mol. The van der Waals surface area contributed by atoms with Gasteiger partial charge in [0.1, 0.15) is 5.75 Å². The van der Waals surface area contributed by atoms with Crippen LogP contribution in [0.1, 0.15) is 36.4 Å². The predicted octanol–water partition coefficient (Wildman–Crippen LogP) is 4.48. The molecule has 2 aromatic rings. The van der Waals surface area contributed by atoms with Crippen molar-refractivity contribution < 1.29 is 9.53 Å². The highest BCUT2D eigenvalue weighted by Gasteiger charge is 2.22. The van der Waals surface area contributed by atoms with Gasteiger partial charge in [-0.05, 0) is 62.7 Å². The molecule has 0 aliphatic carbocycles. The van der Waals surface area contributed by atoms with Crippen molar-refractivity contribution in [3.05, 3.63) is 64.1 Å². The largest absolute Gasteiger partial charge is 0.484 e. The number of piperidine rings is 1. The third-order valence-corrected chi connectivity index (χ3v) is 5.50. The Labute approximate surface area is 170 Å². The fourth-order valence-corrected chi connectivity index (χ4v) is 3.68. The Kier molecular flexibility index (Phi) is 7.30. The lowest BCUT2D eigenvalue weighted by molar-refractivity contribution is -0.123. The van der Waals surface area contributed by atoms with Gasteiger partial charge in [0, 0.05) is 11.0 Å². The molecule has 1 aliphatic rings. The van der Waals surface area contributed by atoms with Gasteiger partial charge in [-0.25, -0.2) is 0 Å². The first-order chi connectivity index (χ1) is 13.1. The highest BCUT2D eigenvalue weighted by Crippen LogP contribution is 2.24. The number of aryl methyl sites for hydroxylation is 1. The zero-order chi connectivity index (χ0) is 19.1. The molecule has 1 fully saturated rings. The lowest BCUT2D eigenvalue weighted by Crippen LogP contribution is -2.41. The maximum Gasteiger partial charge on any atom is 0.258 e. The molecule has 4 nitrogen and oxygen atoms in total. The van der Waals surface area contributed by atoms with Crippen LogP contribution in [-0.2, 0) is 4.79 Å². The molecular weight excluding hydrogens is 404 g/mol. The summed E-state index contributed by atoms with van der Waals surface area (Å²) in [4.78, 5) is 14.8. The molecule has 3 rings (SSSR count). The van der Waals surface area contributed by atoms with Crippen LogP contribution in [0.3, 0.4) is 0 Å². The molecule has 0 radical (unpaired) electrons. The summed E-state index contributed by atoms with van der Waals surface area (Å²) in [6, 6.07) is 16.4. The van der Waals surface area contributed by atoms with Crippen molar-refractivity contribution in [1.82, 2.24) is 10.2 Å². The molecule has 1 atom stereocenters. The second-order valence-electron chi connectivity index (χ2n) is 7.07. The van der Waals surface area contributed by atoms with E-state index in [1.807, 2.05) is 24.3 Å². The van der Waals surface area contributed by atoms with E-state index in [1.54, 1.807) is 0 Å². The first kappa shape index (κ1) is 19.9. The number of hydrogen-bond donors (Lipinski definition) is 1. The van der Waals surface area contributed by atoms with E-state index in [4.69, 9.17) is 4.74 Å². The smallest absolute Gasteiger partial charge is 0.258 e. The first-order valence-corrected chi connectivity index (χ1v) is 10.4. The second kappa shape index (κ2) is 9.90. The Morgan fingerprint density at radius 1 is 1.07 bits per heavy atom. The van der Waals surface area contributed by atoms with Crippen molar-refractivity contribution in [1.29, 1.82) is 0 Å². The number of carbonyl (C=O) groups excluding carboxylic acids is 1. The van der Waals surface area contributed by atoms with E-state index < -0.39 is 0 Å². The van der Waals surface area contributed by atoms with E-state index in [0.29, 0.717) is 12.3 Å². The van der Waals surface area contributed by atoms with E-state index in [0.717, 1.165) is 17.6 Å². The predicted molar refractivity (Wildman–Crippen MR) is 112 cm³/mol. The molecule has 1 heterocycles. The van der Waals surface area contributed by atoms with Crippen LogP contribution in [-0.4, -0.2) is 37.0 Å². The monoisotopic (exact) mass is 430 g/mol. The van der Waals surface area contributed by atoms with E-state index >= 15 is 0 Å². The molecule has 27 heavy (non-hydrogen) atoms. The number of amides is 1. The summed E-state index contributed by atoms with van der Waals surface area (Å²) >= 11 is 3.39. The molecule has 0 bridgehead atoms. The van der Waals surface area contributed by atoms with Gasteiger partial charge in [0.15, 0.2) is 6.61 Å². The van der Waals surface area contributed by atoms with Gasteiger partial charge in [0.05, 0.1) is 6.04 Å². The topological polar surface area (TPSA) is 41.6 Å². The lowest BCUT2D eigenvalue weighted by Gasteiger charge is -2.35. The summed E-state index contributed by atoms with van der Waals surface area (Å²) in [5.74, 6) is 0.603. The van der Waals surface area contributed by atoms with Crippen molar-refractivity contribution >= 4 is 21.8 Å². The van der Waals surface area contributed by atoms with Crippen molar-refractivity contribution in [3.8, 4) is 5.75 Å². The lowest BCUT2D eigenvalue weighted by atomic mass is 10.0. The normalized spacial score (nSPS) is 15.9. The summed E-state index contributed by atoms with van der Waals surface area (Å²) in [5, 5.41) is 3.06. The summed E-state index contributed by atoms with van der Waals surface area (Å²) < 4.78 is 6.56. The number of carbonyl (C=O) groups is 1. The number of halogens is 1. The van der Waals surface area contributed by atoms with Crippen LogP contribution in [0, 0.1) is 6.92 Å². The number of ether oxygens (including phenoxy) is 1. The maximum absolute atomic E-state index is 12.3. The highest BCUT2D eigenvalue weighted by molar-refractivity contribution is 9.10. The van der Waals surface area contributed by atoms with Gasteiger partial charge in [-0.15, -0.1) is 0 Å². The molecule has 5 heteroatoms. The molecule has 1 saturated heterocycles. The number of nitrogens with zero attached hydrogens (tertiary/aromatic N) is 1. The second-order valence-corrected chi connectivity index (χ2v) is 7.99.